The van der Waals surface area contributed by atoms with E-state index in [0.717, 1.165) is 0 Å². The molecule has 3 rings (SSSR count). The lowest BCUT2D eigenvalue weighted by Crippen LogP contribution is -2.45. The number of ketones is 1. The molecule has 0 radical (unpaired) electrons. The summed E-state index contributed by atoms with van der Waals surface area (Å²) in [6.07, 6.45) is 4.75. The van der Waals surface area contributed by atoms with E-state index in [9.17, 15) is 9.18 Å². The lowest BCUT2D eigenvalue weighted by Gasteiger charge is -2.38. The number of rotatable bonds is 7. The van der Waals surface area contributed by atoms with Gasteiger partial charge in [0.05, 0.1) is 14.2 Å². The van der Waals surface area contributed by atoms with Gasteiger partial charge in [0.2, 0.25) is 0 Å². The van der Waals surface area contributed by atoms with Gasteiger partial charge in [-0.3, -0.25) is 4.79 Å². The minimum Gasteiger partial charge on any atom is -0.493 e. The quantitative estimate of drug-likeness (QED) is 0.678. The van der Waals surface area contributed by atoms with Crippen molar-refractivity contribution in [1.29, 1.82) is 0 Å². The number of carbonyl (C=O) groups excluding carboxylic acids is 1. The second kappa shape index (κ2) is 7.72. The van der Waals surface area contributed by atoms with Crippen molar-refractivity contribution >= 4 is 5.78 Å². The van der Waals surface area contributed by atoms with Crippen molar-refractivity contribution < 1.29 is 28.1 Å². The summed E-state index contributed by atoms with van der Waals surface area (Å²) in [5.74, 6) is 0.239. The number of hydrogen-bond acceptors (Lipinski definition) is 5. The van der Waals surface area contributed by atoms with E-state index in [1.54, 1.807) is 18.2 Å². The van der Waals surface area contributed by atoms with E-state index in [1.165, 1.54) is 20.3 Å². The van der Waals surface area contributed by atoms with Gasteiger partial charge < -0.3 is 18.9 Å². The Bertz CT molecular complexity index is 772. The van der Waals surface area contributed by atoms with Crippen LogP contribution in [0.5, 0.6) is 11.5 Å². The van der Waals surface area contributed by atoms with Crippen molar-refractivity contribution in [3.05, 3.63) is 48.0 Å². The second-order valence-electron chi connectivity index (χ2n) is 7.01. The van der Waals surface area contributed by atoms with Crippen LogP contribution in [-0.4, -0.2) is 32.4 Å². The van der Waals surface area contributed by atoms with Crippen molar-refractivity contribution in [2.45, 2.75) is 31.8 Å². The van der Waals surface area contributed by atoms with E-state index < -0.39 is 11.4 Å². The van der Waals surface area contributed by atoms with Crippen molar-refractivity contribution in [3.8, 4) is 11.5 Å². The fourth-order valence-corrected chi connectivity index (χ4v) is 4.00. The van der Waals surface area contributed by atoms with Crippen LogP contribution < -0.4 is 9.47 Å². The molecule has 2 aliphatic rings. The van der Waals surface area contributed by atoms with Gasteiger partial charge in [0.1, 0.15) is 11.4 Å². The standard InChI is InChI=1S/C21H25FO5/c1-5-6-15-11-21(18(10-16(15)23)26-12-27-21)13(2)9-14-7-8-17(24-3)20(25-4)19(14)22/h5,7-8,10,13,15H,1,6,9,11-12H2,2-4H3/t13?,15-,21+/m0/s1. The van der Waals surface area contributed by atoms with Crippen LogP contribution in [0.3, 0.4) is 0 Å². The van der Waals surface area contributed by atoms with Crippen LogP contribution in [0.4, 0.5) is 4.39 Å². The molecule has 1 aliphatic heterocycles. The van der Waals surface area contributed by atoms with Crippen molar-refractivity contribution in [3.63, 3.8) is 0 Å². The van der Waals surface area contributed by atoms with Crippen LogP contribution in [0.1, 0.15) is 25.3 Å². The highest BCUT2D eigenvalue weighted by Gasteiger charge is 2.51. The molecule has 1 aromatic rings. The number of hydrogen-bond donors (Lipinski definition) is 0. The zero-order valence-corrected chi connectivity index (χ0v) is 15.9. The van der Waals surface area contributed by atoms with Gasteiger partial charge in [-0.05, 0) is 36.8 Å². The van der Waals surface area contributed by atoms with Gasteiger partial charge in [-0.15, -0.1) is 6.58 Å². The normalized spacial score (nSPS) is 25.3. The Morgan fingerprint density at radius 3 is 2.85 bits per heavy atom. The number of allylic oxidation sites excluding steroid dienone is 2. The maximum atomic E-state index is 14.9. The van der Waals surface area contributed by atoms with E-state index in [4.69, 9.17) is 18.9 Å². The molecule has 27 heavy (non-hydrogen) atoms. The maximum absolute atomic E-state index is 14.9. The molecule has 1 heterocycles. The molecular formula is C21H25FO5. The highest BCUT2D eigenvalue weighted by Crippen LogP contribution is 2.47. The molecule has 146 valence electrons. The smallest absolute Gasteiger partial charge is 0.197 e. The summed E-state index contributed by atoms with van der Waals surface area (Å²) >= 11 is 0. The summed E-state index contributed by atoms with van der Waals surface area (Å²) in [7, 11) is 2.88. The molecule has 0 amide bonds. The molecule has 5 nitrogen and oxygen atoms in total. The lowest BCUT2D eigenvalue weighted by molar-refractivity contribution is -0.123. The molecule has 3 atom stereocenters. The number of benzene rings is 1. The van der Waals surface area contributed by atoms with Gasteiger partial charge in [-0.25, -0.2) is 4.39 Å². The molecule has 0 aromatic heterocycles. The topological polar surface area (TPSA) is 54.0 Å². The van der Waals surface area contributed by atoms with Gasteiger partial charge in [0, 0.05) is 12.0 Å². The molecule has 0 spiro atoms. The predicted octanol–water partition coefficient (Wildman–Crippen LogP) is 3.81. The van der Waals surface area contributed by atoms with E-state index in [-0.39, 0.29) is 30.2 Å². The number of ether oxygens (including phenoxy) is 4. The number of methoxy groups -OCH3 is 2. The minimum absolute atomic E-state index is 0.0236. The van der Waals surface area contributed by atoms with E-state index in [0.29, 0.717) is 36.3 Å². The monoisotopic (exact) mass is 376 g/mol. The van der Waals surface area contributed by atoms with Crippen molar-refractivity contribution in [2.75, 3.05) is 21.0 Å². The Hall–Kier alpha value is -2.34. The molecule has 1 aromatic carbocycles. The summed E-state index contributed by atoms with van der Waals surface area (Å²) in [5.41, 5.74) is -0.233. The summed E-state index contributed by atoms with van der Waals surface area (Å²) < 4.78 is 36.8. The Kier molecular flexibility index (Phi) is 5.56. The molecule has 1 aliphatic carbocycles. The lowest BCUT2D eigenvalue weighted by atomic mass is 9.71. The molecule has 6 heteroatoms. The van der Waals surface area contributed by atoms with Crippen LogP contribution in [0.25, 0.3) is 0 Å². The second-order valence-corrected chi connectivity index (χ2v) is 7.01. The largest absolute Gasteiger partial charge is 0.493 e. The van der Waals surface area contributed by atoms with Crippen LogP contribution in [0, 0.1) is 17.7 Å². The van der Waals surface area contributed by atoms with Crippen molar-refractivity contribution in [1.82, 2.24) is 0 Å². The molecule has 1 saturated heterocycles. The average Bonchev–Trinajstić information content (AvgIpc) is 3.07. The fraction of sp³-hybridized carbons (Fsp3) is 0.476. The number of fused-ring (bicyclic) bond motifs is 1. The summed E-state index contributed by atoms with van der Waals surface area (Å²) in [6, 6.07) is 3.38. The molecule has 1 unspecified atom stereocenters. The highest BCUT2D eigenvalue weighted by atomic mass is 19.1. The molecular weight excluding hydrogens is 351 g/mol. The third-order valence-electron chi connectivity index (χ3n) is 5.51. The summed E-state index contributed by atoms with van der Waals surface area (Å²) in [4.78, 5) is 12.3. The first-order valence-corrected chi connectivity index (χ1v) is 8.99. The first-order valence-electron chi connectivity index (χ1n) is 8.99. The Morgan fingerprint density at radius 1 is 1.41 bits per heavy atom. The third-order valence-corrected chi connectivity index (χ3v) is 5.51. The summed E-state index contributed by atoms with van der Waals surface area (Å²) in [5, 5.41) is 0. The van der Waals surface area contributed by atoms with Crippen LogP contribution >= 0.6 is 0 Å². The zero-order valence-electron chi connectivity index (χ0n) is 15.9. The van der Waals surface area contributed by atoms with Gasteiger partial charge in [-0.1, -0.05) is 19.1 Å². The van der Waals surface area contributed by atoms with Crippen LogP contribution in [0.2, 0.25) is 0 Å². The van der Waals surface area contributed by atoms with Crippen LogP contribution in [0.15, 0.2) is 36.6 Å². The van der Waals surface area contributed by atoms with E-state index in [2.05, 4.69) is 6.58 Å². The van der Waals surface area contributed by atoms with Gasteiger partial charge in [0.15, 0.2) is 29.9 Å². The van der Waals surface area contributed by atoms with Gasteiger partial charge in [-0.2, -0.15) is 0 Å². The SMILES string of the molecule is C=CC[C@H]1C[C@]2(C(C)Cc3ccc(OC)c(OC)c3F)OCOC2=CC1=O. The Morgan fingerprint density at radius 2 is 2.19 bits per heavy atom. The predicted molar refractivity (Wildman–Crippen MR) is 98.2 cm³/mol. The molecule has 0 bridgehead atoms. The highest BCUT2D eigenvalue weighted by molar-refractivity contribution is 5.93. The van der Waals surface area contributed by atoms with Gasteiger partial charge in [0.25, 0.3) is 0 Å². The number of halogens is 1. The van der Waals surface area contributed by atoms with Crippen LogP contribution in [-0.2, 0) is 20.7 Å². The minimum atomic E-state index is -0.735. The Labute approximate surface area is 158 Å². The third kappa shape index (κ3) is 3.34. The molecule has 0 N–H and O–H groups in total. The van der Waals surface area contributed by atoms with E-state index >= 15 is 0 Å². The Balaban J connectivity index is 1.91. The van der Waals surface area contributed by atoms with Gasteiger partial charge >= 0.3 is 0 Å². The fourth-order valence-electron chi connectivity index (χ4n) is 4.00. The number of carbonyl (C=O) groups is 1. The van der Waals surface area contributed by atoms with Crippen molar-refractivity contribution in [2.24, 2.45) is 11.8 Å². The average molecular weight is 376 g/mol. The van der Waals surface area contributed by atoms with E-state index in [1.807, 2.05) is 6.92 Å². The maximum Gasteiger partial charge on any atom is 0.197 e. The zero-order chi connectivity index (χ0) is 19.6. The molecule has 0 saturated carbocycles. The first-order chi connectivity index (χ1) is 13.0. The molecule has 1 fully saturated rings. The first kappa shape index (κ1) is 19.4. The summed E-state index contributed by atoms with van der Waals surface area (Å²) in [6.45, 7) is 5.82.